The molecule has 1 N–H and O–H groups in total. The van der Waals surface area contributed by atoms with Crippen LogP contribution in [-0.4, -0.2) is 21.0 Å². The Morgan fingerprint density at radius 3 is 2.21 bits per heavy atom. The van der Waals surface area contributed by atoms with Gasteiger partial charge in [0.15, 0.2) is 5.75 Å². The Morgan fingerprint density at radius 2 is 1.67 bits per heavy atom. The van der Waals surface area contributed by atoms with Gasteiger partial charge in [-0.2, -0.15) is 0 Å². The Kier molecular flexibility index (Phi) is 4.95. The average Bonchev–Trinajstić information content (AvgIpc) is 2.41. The van der Waals surface area contributed by atoms with Crippen molar-refractivity contribution in [1.29, 1.82) is 0 Å². The van der Waals surface area contributed by atoms with E-state index in [-0.39, 0.29) is 16.1 Å². The quantitative estimate of drug-likeness (QED) is 0.795. The lowest BCUT2D eigenvalue weighted by atomic mass is 10.0. The average molecular weight is 384 g/mol. The van der Waals surface area contributed by atoms with Gasteiger partial charge in [-0.05, 0) is 35.4 Å². The Balaban J connectivity index is 2.52. The zero-order valence-corrected chi connectivity index (χ0v) is 13.6. The zero-order valence-electron chi connectivity index (χ0n) is 12.0. The molecule has 0 aliphatic heterocycles. The van der Waals surface area contributed by atoms with Crippen LogP contribution in [0.25, 0.3) is 11.1 Å². The van der Waals surface area contributed by atoms with Gasteiger partial charge in [-0.25, -0.2) is 12.8 Å². The maximum atomic E-state index is 13.5. The van der Waals surface area contributed by atoms with Crippen LogP contribution in [0.1, 0.15) is 0 Å². The van der Waals surface area contributed by atoms with Gasteiger partial charge in [0.2, 0.25) is 10.0 Å². The normalized spacial score (nSPS) is 12.1. The standard InChI is InChI=1S/C14H10ClF4NO3S/c1-24(21,22)20-12-5-3-9(7-13(12)23-14(17,18)19)8-2-4-10(15)11(16)6-8/h2-7,20H,1H3. The Bertz CT molecular complexity index is 869. The van der Waals surface area contributed by atoms with Crippen LogP contribution in [0.3, 0.4) is 0 Å². The van der Waals surface area contributed by atoms with Crippen LogP contribution < -0.4 is 9.46 Å². The number of alkyl halides is 3. The summed E-state index contributed by atoms with van der Waals surface area (Å²) in [4.78, 5) is 0. The van der Waals surface area contributed by atoms with Crippen LogP contribution in [0.15, 0.2) is 36.4 Å². The summed E-state index contributed by atoms with van der Waals surface area (Å²) in [5, 5.41) is -0.138. The number of sulfonamides is 1. The molecule has 0 radical (unpaired) electrons. The molecule has 0 bridgehead atoms. The number of anilines is 1. The lowest BCUT2D eigenvalue weighted by Crippen LogP contribution is -2.19. The third-order valence-electron chi connectivity index (χ3n) is 2.76. The van der Waals surface area contributed by atoms with Crippen molar-refractivity contribution in [3.05, 3.63) is 47.2 Å². The minimum atomic E-state index is -5.03. The second-order valence-corrected chi connectivity index (χ2v) is 6.92. The molecule has 2 aromatic rings. The van der Waals surface area contributed by atoms with Gasteiger partial charge in [-0.15, -0.1) is 13.2 Å². The molecule has 0 fully saturated rings. The highest BCUT2D eigenvalue weighted by atomic mass is 35.5. The number of nitrogens with one attached hydrogen (secondary N) is 1. The first kappa shape index (κ1) is 18.3. The van der Waals surface area contributed by atoms with E-state index in [0.29, 0.717) is 0 Å². The van der Waals surface area contributed by atoms with Crippen LogP contribution in [0.4, 0.5) is 23.2 Å². The summed E-state index contributed by atoms with van der Waals surface area (Å²) >= 11 is 5.56. The fourth-order valence-corrected chi connectivity index (χ4v) is 2.56. The van der Waals surface area contributed by atoms with Gasteiger partial charge in [0.05, 0.1) is 17.0 Å². The van der Waals surface area contributed by atoms with Crippen LogP contribution in [0, 0.1) is 5.82 Å². The van der Waals surface area contributed by atoms with Crippen LogP contribution in [0.2, 0.25) is 5.02 Å². The van der Waals surface area contributed by atoms with E-state index in [1.807, 2.05) is 4.72 Å². The first-order valence-corrected chi connectivity index (χ1v) is 8.54. The lowest BCUT2D eigenvalue weighted by Gasteiger charge is -2.15. The highest BCUT2D eigenvalue weighted by Gasteiger charge is 2.32. The summed E-state index contributed by atoms with van der Waals surface area (Å²) in [6.07, 6.45) is -4.25. The molecule has 0 spiro atoms. The SMILES string of the molecule is CS(=O)(=O)Nc1ccc(-c2ccc(Cl)c(F)c2)cc1OC(F)(F)F. The fourth-order valence-electron chi connectivity index (χ4n) is 1.87. The highest BCUT2D eigenvalue weighted by Crippen LogP contribution is 2.35. The summed E-state index contributed by atoms with van der Waals surface area (Å²) in [6, 6.07) is 7.05. The van der Waals surface area contributed by atoms with Gasteiger partial charge in [0, 0.05) is 0 Å². The van der Waals surface area contributed by atoms with Crippen molar-refractivity contribution in [3.8, 4) is 16.9 Å². The van der Waals surface area contributed by atoms with Gasteiger partial charge < -0.3 is 4.74 Å². The fraction of sp³-hybridized carbons (Fsp3) is 0.143. The minimum Gasteiger partial charge on any atom is -0.404 e. The maximum absolute atomic E-state index is 13.5. The third-order valence-corrected chi connectivity index (χ3v) is 3.65. The molecular weight excluding hydrogens is 374 g/mol. The Labute approximate surface area is 140 Å². The molecule has 0 aliphatic rings. The molecule has 130 valence electrons. The summed E-state index contributed by atoms with van der Waals surface area (Å²) in [5.41, 5.74) is 0.0340. The predicted octanol–water partition coefficient (Wildman–Crippen LogP) is 4.42. The topological polar surface area (TPSA) is 55.4 Å². The molecule has 10 heteroatoms. The number of halogens is 5. The number of hydrogen-bond donors (Lipinski definition) is 1. The van der Waals surface area contributed by atoms with Gasteiger partial charge in [0.25, 0.3) is 0 Å². The van der Waals surface area contributed by atoms with Crippen LogP contribution in [0.5, 0.6) is 5.75 Å². The smallest absolute Gasteiger partial charge is 0.404 e. The van der Waals surface area contributed by atoms with Crippen molar-refractivity contribution < 1.29 is 30.7 Å². The second-order valence-electron chi connectivity index (χ2n) is 4.76. The van der Waals surface area contributed by atoms with E-state index in [2.05, 4.69) is 4.74 Å². The van der Waals surface area contributed by atoms with Crippen molar-refractivity contribution >= 4 is 27.3 Å². The minimum absolute atomic E-state index is 0.138. The predicted molar refractivity (Wildman–Crippen MR) is 82.0 cm³/mol. The van der Waals surface area contributed by atoms with E-state index in [1.54, 1.807) is 0 Å². The molecule has 2 rings (SSSR count). The largest absolute Gasteiger partial charge is 0.573 e. The van der Waals surface area contributed by atoms with Gasteiger partial charge in [0.1, 0.15) is 5.82 Å². The summed E-state index contributed by atoms with van der Waals surface area (Å²) in [7, 11) is -3.82. The number of hydrogen-bond acceptors (Lipinski definition) is 3. The van der Waals surface area contributed by atoms with Crippen molar-refractivity contribution in [2.75, 3.05) is 11.0 Å². The van der Waals surface area contributed by atoms with E-state index in [9.17, 15) is 26.0 Å². The van der Waals surface area contributed by atoms with E-state index < -0.39 is 33.6 Å². The van der Waals surface area contributed by atoms with E-state index in [4.69, 9.17) is 11.6 Å². The molecule has 0 saturated carbocycles. The van der Waals surface area contributed by atoms with Crippen molar-refractivity contribution in [3.63, 3.8) is 0 Å². The summed E-state index contributed by atoms with van der Waals surface area (Å²) in [6.45, 7) is 0. The lowest BCUT2D eigenvalue weighted by molar-refractivity contribution is -0.274. The van der Waals surface area contributed by atoms with Gasteiger partial charge >= 0.3 is 6.36 Å². The number of benzene rings is 2. The van der Waals surface area contributed by atoms with Crippen molar-refractivity contribution in [2.45, 2.75) is 6.36 Å². The molecule has 0 aromatic heterocycles. The first-order valence-electron chi connectivity index (χ1n) is 6.27. The Hall–Kier alpha value is -2.00. The molecule has 4 nitrogen and oxygen atoms in total. The number of ether oxygens (including phenoxy) is 1. The molecule has 0 aliphatic carbocycles. The van der Waals surface area contributed by atoms with Gasteiger partial charge in [-0.1, -0.05) is 23.7 Å². The van der Waals surface area contributed by atoms with Gasteiger partial charge in [-0.3, -0.25) is 4.72 Å². The molecule has 0 heterocycles. The third kappa shape index (κ3) is 5.00. The molecule has 24 heavy (non-hydrogen) atoms. The van der Waals surface area contributed by atoms with E-state index in [1.165, 1.54) is 18.2 Å². The zero-order chi connectivity index (χ0) is 18.1. The molecule has 0 amide bonds. The monoisotopic (exact) mass is 383 g/mol. The summed E-state index contributed by atoms with van der Waals surface area (Å²) < 4.78 is 79.3. The van der Waals surface area contributed by atoms with Crippen molar-refractivity contribution in [2.24, 2.45) is 0 Å². The van der Waals surface area contributed by atoms with Crippen LogP contribution >= 0.6 is 11.6 Å². The molecule has 2 aromatic carbocycles. The Morgan fingerprint density at radius 1 is 1.08 bits per heavy atom. The molecule has 0 unspecified atom stereocenters. The highest BCUT2D eigenvalue weighted by molar-refractivity contribution is 7.92. The van der Waals surface area contributed by atoms with E-state index >= 15 is 0 Å². The molecule has 0 atom stereocenters. The number of rotatable bonds is 4. The van der Waals surface area contributed by atoms with Crippen LogP contribution in [-0.2, 0) is 10.0 Å². The van der Waals surface area contributed by atoms with E-state index in [0.717, 1.165) is 24.5 Å². The molecular formula is C14H10ClF4NO3S. The molecule has 0 saturated heterocycles. The van der Waals surface area contributed by atoms with Crippen molar-refractivity contribution in [1.82, 2.24) is 0 Å². The summed E-state index contributed by atoms with van der Waals surface area (Å²) in [5.74, 6) is -1.51. The first-order chi connectivity index (χ1) is 10.9. The second kappa shape index (κ2) is 6.48. The maximum Gasteiger partial charge on any atom is 0.573 e.